The van der Waals surface area contributed by atoms with E-state index in [0.717, 1.165) is 5.56 Å². The Labute approximate surface area is 158 Å². The van der Waals surface area contributed by atoms with E-state index < -0.39 is 11.9 Å². The smallest absolute Gasteiger partial charge is 0.308 e. The molecule has 0 aliphatic carbocycles. The maximum Gasteiger partial charge on any atom is 0.308 e. The number of carboxylic acids is 1. The number of likely N-dealkylation sites (tertiary alicyclic amines) is 1. The minimum Gasteiger partial charge on any atom is -0.481 e. The van der Waals surface area contributed by atoms with Crippen molar-refractivity contribution in [1.82, 2.24) is 9.80 Å². The van der Waals surface area contributed by atoms with Gasteiger partial charge in [-0.3, -0.25) is 14.4 Å². The second-order valence-electron chi connectivity index (χ2n) is 6.95. The van der Waals surface area contributed by atoms with Crippen LogP contribution in [-0.4, -0.2) is 59.9 Å². The summed E-state index contributed by atoms with van der Waals surface area (Å²) in [6.45, 7) is 0.532. The number of carboxylic acid groups (broad SMARTS) is 1. The molecule has 0 aromatic heterocycles. The van der Waals surface area contributed by atoms with Gasteiger partial charge in [-0.2, -0.15) is 0 Å². The van der Waals surface area contributed by atoms with Gasteiger partial charge in [0.1, 0.15) is 0 Å². The van der Waals surface area contributed by atoms with Crippen LogP contribution in [0.3, 0.4) is 0 Å². The number of hydrogen-bond acceptors (Lipinski definition) is 3. The average Bonchev–Trinajstić information content (AvgIpc) is 3.13. The van der Waals surface area contributed by atoms with Crippen LogP contribution in [0.4, 0.5) is 0 Å². The summed E-state index contributed by atoms with van der Waals surface area (Å²) in [5.41, 5.74) is 1.87. The molecule has 140 valence electrons. The third kappa shape index (κ3) is 3.84. The lowest BCUT2D eigenvalue weighted by Gasteiger charge is -2.17. The summed E-state index contributed by atoms with van der Waals surface area (Å²) in [5.74, 6) is -2.12. The normalized spacial score (nSPS) is 19.0. The van der Waals surface area contributed by atoms with E-state index in [1.165, 1.54) is 4.90 Å². The number of nitrogens with zero attached hydrogens (tertiary/aromatic N) is 2. The van der Waals surface area contributed by atoms with E-state index in [4.69, 9.17) is 0 Å². The predicted octanol–water partition coefficient (Wildman–Crippen LogP) is 2.33. The maximum absolute atomic E-state index is 12.8. The number of amides is 2. The lowest BCUT2D eigenvalue weighted by molar-refractivity contribution is -0.141. The second kappa shape index (κ2) is 7.61. The molecule has 2 aromatic rings. The quantitative estimate of drug-likeness (QED) is 0.901. The molecular weight excluding hydrogens is 344 g/mol. The largest absolute Gasteiger partial charge is 0.481 e. The molecule has 2 atom stereocenters. The van der Waals surface area contributed by atoms with Gasteiger partial charge in [0.05, 0.1) is 5.92 Å². The number of aliphatic carboxylic acids is 1. The van der Waals surface area contributed by atoms with Crippen LogP contribution < -0.4 is 0 Å². The summed E-state index contributed by atoms with van der Waals surface area (Å²) in [7, 11) is 3.34. The van der Waals surface area contributed by atoms with Gasteiger partial charge in [-0.15, -0.1) is 0 Å². The monoisotopic (exact) mass is 366 g/mol. The van der Waals surface area contributed by atoms with Crippen molar-refractivity contribution in [2.75, 3.05) is 27.2 Å². The zero-order valence-electron chi connectivity index (χ0n) is 15.3. The third-order valence-electron chi connectivity index (χ3n) is 4.94. The SMILES string of the molecule is CN(C)C(=O)c1ccc(C(=O)N2C[C@H](C(=O)O)[C@H](c3ccccc3)C2)cc1. The number of rotatable bonds is 4. The first-order valence-corrected chi connectivity index (χ1v) is 8.77. The summed E-state index contributed by atoms with van der Waals surface area (Å²) in [4.78, 5) is 39.6. The van der Waals surface area contributed by atoms with Crippen LogP contribution in [0.5, 0.6) is 0 Å². The Kier molecular flexibility index (Phi) is 5.26. The molecule has 0 bridgehead atoms. The Bertz CT molecular complexity index is 846. The summed E-state index contributed by atoms with van der Waals surface area (Å²) < 4.78 is 0. The lowest BCUT2D eigenvalue weighted by Crippen LogP contribution is -2.30. The molecule has 1 fully saturated rings. The standard InChI is InChI=1S/C21H22N2O4/c1-22(2)19(24)15-8-10-16(11-9-15)20(25)23-12-17(18(13-23)21(26)27)14-6-4-3-5-7-14/h3-11,17-18H,12-13H2,1-2H3,(H,26,27)/t17-,18-/m0/s1. The van der Waals surface area contributed by atoms with Crippen LogP contribution in [0.25, 0.3) is 0 Å². The van der Waals surface area contributed by atoms with Crippen molar-refractivity contribution in [2.24, 2.45) is 5.92 Å². The first kappa shape index (κ1) is 18.6. The van der Waals surface area contributed by atoms with E-state index in [1.807, 2.05) is 30.3 Å². The van der Waals surface area contributed by atoms with Gasteiger partial charge in [0.15, 0.2) is 0 Å². The number of carbonyl (C=O) groups is 3. The average molecular weight is 366 g/mol. The highest BCUT2D eigenvalue weighted by atomic mass is 16.4. The molecule has 1 saturated heterocycles. The first-order valence-electron chi connectivity index (χ1n) is 8.77. The van der Waals surface area contributed by atoms with E-state index in [1.54, 1.807) is 43.3 Å². The van der Waals surface area contributed by atoms with Crippen molar-refractivity contribution in [3.8, 4) is 0 Å². The molecule has 1 heterocycles. The van der Waals surface area contributed by atoms with E-state index in [9.17, 15) is 19.5 Å². The molecule has 0 saturated carbocycles. The van der Waals surface area contributed by atoms with Crippen LogP contribution in [-0.2, 0) is 4.79 Å². The second-order valence-corrected chi connectivity index (χ2v) is 6.95. The summed E-state index contributed by atoms with van der Waals surface area (Å²) >= 11 is 0. The van der Waals surface area contributed by atoms with Gasteiger partial charge in [-0.25, -0.2) is 0 Å². The maximum atomic E-state index is 12.8. The highest BCUT2D eigenvalue weighted by Crippen LogP contribution is 2.33. The molecule has 6 nitrogen and oxygen atoms in total. The highest BCUT2D eigenvalue weighted by molar-refractivity contribution is 5.98. The van der Waals surface area contributed by atoms with E-state index in [0.29, 0.717) is 17.7 Å². The Morgan fingerprint density at radius 2 is 1.52 bits per heavy atom. The summed E-state index contributed by atoms with van der Waals surface area (Å²) in [6.07, 6.45) is 0. The molecule has 1 aliphatic heterocycles. The zero-order valence-corrected chi connectivity index (χ0v) is 15.3. The molecule has 6 heteroatoms. The molecule has 3 rings (SSSR count). The zero-order chi connectivity index (χ0) is 19.6. The fourth-order valence-electron chi connectivity index (χ4n) is 3.45. The summed E-state index contributed by atoms with van der Waals surface area (Å²) in [6, 6.07) is 15.9. The minimum atomic E-state index is -0.897. The fourth-order valence-corrected chi connectivity index (χ4v) is 3.45. The van der Waals surface area contributed by atoms with E-state index in [2.05, 4.69) is 0 Å². The van der Waals surface area contributed by atoms with Crippen molar-refractivity contribution >= 4 is 17.8 Å². The molecule has 1 aliphatic rings. The lowest BCUT2D eigenvalue weighted by atomic mass is 9.89. The van der Waals surface area contributed by atoms with Gasteiger partial charge < -0.3 is 14.9 Å². The van der Waals surface area contributed by atoms with Crippen LogP contribution in [0.1, 0.15) is 32.2 Å². The van der Waals surface area contributed by atoms with Crippen LogP contribution in [0.2, 0.25) is 0 Å². The Balaban J connectivity index is 1.79. The molecular formula is C21H22N2O4. The minimum absolute atomic E-state index is 0.134. The van der Waals surface area contributed by atoms with Crippen molar-refractivity contribution in [3.63, 3.8) is 0 Å². The molecule has 27 heavy (non-hydrogen) atoms. The van der Waals surface area contributed by atoms with Gasteiger partial charge in [0.2, 0.25) is 0 Å². The van der Waals surface area contributed by atoms with Crippen molar-refractivity contribution < 1.29 is 19.5 Å². The molecule has 2 aromatic carbocycles. The van der Waals surface area contributed by atoms with Gasteiger partial charge in [0.25, 0.3) is 11.8 Å². The molecule has 2 amide bonds. The van der Waals surface area contributed by atoms with Crippen molar-refractivity contribution in [1.29, 1.82) is 0 Å². The molecule has 1 N–H and O–H groups in total. The topological polar surface area (TPSA) is 77.9 Å². The van der Waals surface area contributed by atoms with E-state index in [-0.39, 0.29) is 24.3 Å². The Hall–Kier alpha value is -3.15. The predicted molar refractivity (Wildman–Crippen MR) is 101 cm³/mol. The molecule has 0 radical (unpaired) electrons. The van der Waals surface area contributed by atoms with Crippen LogP contribution >= 0.6 is 0 Å². The fraction of sp³-hybridized carbons (Fsp3) is 0.286. The molecule has 0 unspecified atom stereocenters. The van der Waals surface area contributed by atoms with Crippen LogP contribution in [0, 0.1) is 5.92 Å². The van der Waals surface area contributed by atoms with Crippen molar-refractivity contribution in [3.05, 3.63) is 71.3 Å². The Morgan fingerprint density at radius 1 is 0.926 bits per heavy atom. The van der Waals surface area contributed by atoms with E-state index >= 15 is 0 Å². The third-order valence-corrected chi connectivity index (χ3v) is 4.94. The number of benzene rings is 2. The van der Waals surface area contributed by atoms with Crippen LogP contribution in [0.15, 0.2) is 54.6 Å². The number of carbonyl (C=O) groups excluding carboxylic acids is 2. The van der Waals surface area contributed by atoms with Gasteiger partial charge >= 0.3 is 5.97 Å². The van der Waals surface area contributed by atoms with Crippen molar-refractivity contribution in [2.45, 2.75) is 5.92 Å². The van der Waals surface area contributed by atoms with Gasteiger partial charge in [-0.1, -0.05) is 30.3 Å². The van der Waals surface area contributed by atoms with Gasteiger partial charge in [-0.05, 0) is 29.8 Å². The summed E-state index contributed by atoms with van der Waals surface area (Å²) in [5, 5.41) is 9.58. The highest BCUT2D eigenvalue weighted by Gasteiger charge is 2.40. The first-order chi connectivity index (χ1) is 12.9. The number of hydrogen-bond donors (Lipinski definition) is 1. The van der Waals surface area contributed by atoms with Gasteiger partial charge in [0, 0.05) is 44.2 Å². The Morgan fingerprint density at radius 3 is 2.07 bits per heavy atom. The molecule has 0 spiro atoms.